The first-order valence-corrected chi connectivity index (χ1v) is 5.77. The van der Waals surface area contributed by atoms with E-state index >= 15 is 0 Å². The molecular formula is C15H11NO2. The Labute approximate surface area is 105 Å². The summed E-state index contributed by atoms with van der Waals surface area (Å²) in [6.07, 6.45) is 2.69. The van der Waals surface area contributed by atoms with Crippen LogP contribution >= 0.6 is 0 Å². The van der Waals surface area contributed by atoms with Crippen molar-refractivity contribution >= 4 is 0 Å². The number of hydrogen-bond donors (Lipinski definition) is 0. The molecule has 18 heavy (non-hydrogen) atoms. The van der Waals surface area contributed by atoms with Crippen LogP contribution in [0.1, 0.15) is 17.0 Å². The summed E-state index contributed by atoms with van der Waals surface area (Å²) in [5, 5.41) is 10.5. The summed E-state index contributed by atoms with van der Waals surface area (Å²) in [5.74, 6) is -0.0113. The molecule has 0 saturated carbocycles. The molecule has 0 N–H and O–H groups in total. The third-order valence-electron chi connectivity index (χ3n) is 3.28. The highest BCUT2D eigenvalue weighted by molar-refractivity contribution is 5.79. The molecule has 3 heteroatoms. The maximum absolute atomic E-state index is 10.5. The number of nitrogens with zero attached hydrogens (tertiary/aromatic N) is 1. The van der Waals surface area contributed by atoms with Crippen LogP contribution in [0.15, 0.2) is 60.8 Å². The third-order valence-corrected chi connectivity index (χ3v) is 3.28. The molecule has 0 saturated heterocycles. The summed E-state index contributed by atoms with van der Waals surface area (Å²) >= 11 is 0. The molecule has 0 atom stereocenters. The minimum atomic E-state index is -0.413. The van der Waals surface area contributed by atoms with Gasteiger partial charge in [-0.05, 0) is 28.3 Å². The molecule has 3 rings (SSSR count). The van der Waals surface area contributed by atoms with Gasteiger partial charge in [0, 0.05) is 5.92 Å². The van der Waals surface area contributed by atoms with Gasteiger partial charge >= 0.3 is 0 Å². The van der Waals surface area contributed by atoms with Gasteiger partial charge in [-0.3, -0.25) is 10.1 Å². The zero-order chi connectivity index (χ0) is 12.5. The highest BCUT2D eigenvalue weighted by atomic mass is 16.6. The topological polar surface area (TPSA) is 43.1 Å². The lowest BCUT2D eigenvalue weighted by Crippen LogP contribution is -1.94. The van der Waals surface area contributed by atoms with E-state index in [-0.39, 0.29) is 5.92 Å². The summed E-state index contributed by atoms with van der Waals surface area (Å²) < 4.78 is 0. The van der Waals surface area contributed by atoms with E-state index < -0.39 is 4.92 Å². The molecule has 0 bridgehead atoms. The molecular weight excluding hydrogens is 226 g/mol. The van der Waals surface area contributed by atoms with Crippen LogP contribution in [0, 0.1) is 10.1 Å². The summed E-state index contributed by atoms with van der Waals surface area (Å²) in [6.45, 7) is 0. The lowest BCUT2D eigenvalue weighted by Gasteiger charge is -2.06. The van der Waals surface area contributed by atoms with Crippen LogP contribution in [0.4, 0.5) is 0 Å². The average Bonchev–Trinajstić information content (AvgIpc) is 2.71. The van der Waals surface area contributed by atoms with Crippen molar-refractivity contribution in [1.29, 1.82) is 0 Å². The predicted molar refractivity (Wildman–Crippen MR) is 69.9 cm³/mol. The van der Waals surface area contributed by atoms with Crippen LogP contribution < -0.4 is 0 Å². The number of allylic oxidation sites excluding steroid dienone is 1. The van der Waals surface area contributed by atoms with Crippen LogP contribution in [-0.4, -0.2) is 4.92 Å². The van der Waals surface area contributed by atoms with Gasteiger partial charge in [0.05, 0.1) is 4.92 Å². The van der Waals surface area contributed by atoms with Gasteiger partial charge in [0.15, 0.2) is 0 Å². The van der Waals surface area contributed by atoms with Crippen LogP contribution in [-0.2, 0) is 0 Å². The Morgan fingerprint density at radius 3 is 1.94 bits per heavy atom. The maximum Gasteiger partial charge on any atom is 0.231 e. The molecule has 0 radical (unpaired) electrons. The maximum atomic E-state index is 10.5. The SMILES string of the molecule is O=[N+]([O-])/C=C/C1c2ccccc2-c2ccccc21. The Kier molecular flexibility index (Phi) is 2.45. The molecule has 0 aliphatic heterocycles. The molecule has 0 amide bonds. The van der Waals surface area contributed by atoms with Gasteiger partial charge in [0.25, 0.3) is 0 Å². The quantitative estimate of drug-likeness (QED) is 0.591. The first kappa shape index (κ1) is 10.7. The van der Waals surface area contributed by atoms with Crippen molar-refractivity contribution in [3.63, 3.8) is 0 Å². The fourth-order valence-corrected chi connectivity index (χ4v) is 2.56. The summed E-state index contributed by atoms with van der Waals surface area (Å²) in [6, 6.07) is 16.1. The number of fused-ring (bicyclic) bond motifs is 3. The zero-order valence-corrected chi connectivity index (χ0v) is 9.61. The molecule has 2 aromatic carbocycles. The summed E-state index contributed by atoms with van der Waals surface area (Å²) in [4.78, 5) is 10.1. The number of hydrogen-bond acceptors (Lipinski definition) is 2. The molecule has 0 fully saturated rings. The zero-order valence-electron chi connectivity index (χ0n) is 9.61. The van der Waals surface area contributed by atoms with Gasteiger partial charge in [-0.25, -0.2) is 0 Å². The molecule has 1 aliphatic carbocycles. The third kappa shape index (κ3) is 1.61. The average molecular weight is 237 g/mol. The first-order valence-electron chi connectivity index (χ1n) is 5.77. The van der Waals surface area contributed by atoms with E-state index in [1.54, 1.807) is 6.08 Å². The fourth-order valence-electron chi connectivity index (χ4n) is 2.56. The van der Waals surface area contributed by atoms with Crippen molar-refractivity contribution < 1.29 is 4.92 Å². The van der Waals surface area contributed by atoms with Gasteiger partial charge in [-0.1, -0.05) is 48.5 Å². The molecule has 0 aromatic heterocycles. The standard InChI is InChI=1S/C15H11NO2/c17-16(18)10-9-15-13-7-3-1-5-11(13)12-6-2-4-8-14(12)15/h1-10,15H/b10-9+. The van der Waals surface area contributed by atoms with Crippen molar-refractivity contribution in [2.45, 2.75) is 5.92 Å². The van der Waals surface area contributed by atoms with E-state index in [1.165, 1.54) is 11.1 Å². The Hall–Kier alpha value is -2.42. The number of benzene rings is 2. The van der Waals surface area contributed by atoms with Crippen LogP contribution in [0.25, 0.3) is 11.1 Å². The lowest BCUT2D eigenvalue weighted by atomic mass is 9.97. The number of nitro groups is 1. The van der Waals surface area contributed by atoms with E-state index in [4.69, 9.17) is 0 Å². The number of rotatable bonds is 2. The largest absolute Gasteiger partial charge is 0.259 e. The van der Waals surface area contributed by atoms with Gasteiger partial charge in [0.1, 0.15) is 0 Å². The highest BCUT2D eigenvalue weighted by Gasteiger charge is 2.26. The van der Waals surface area contributed by atoms with Crippen molar-refractivity contribution in [2.24, 2.45) is 0 Å². The van der Waals surface area contributed by atoms with Crippen molar-refractivity contribution in [3.05, 3.63) is 82.0 Å². The molecule has 0 heterocycles. The molecule has 2 aromatic rings. The van der Waals surface area contributed by atoms with E-state index in [1.807, 2.05) is 36.4 Å². The van der Waals surface area contributed by atoms with Gasteiger partial charge in [0.2, 0.25) is 6.20 Å². The highest BCUT2D eigenvalue weighted by Crippen LogP contribution is 2.44. The second-order valence-corrected chi connectivity index (χ2v) is 4.28. The van der Waals surface area contributed by atoms with Crippen molar-refractivity contribution in [1.82, 2.24) is 0 Å². The second-order valence-electron chi connectivity index (χ2n) is 4.28. The first-order chi connectivity index (χ1) is 8.77. The van der Waals surface area contributed by atoms with Gasteiger partial charge < -0.3 is 0 Å². The van der Waals surface area contributed by atoms with Crippen LogP contribution in [0.2, 0.25) is 0 Å². The van der Waals surface area contributed by atoms with E-state index in [2.05, 4.69) is 12.1 Å². The summed E-state index contributed by atoms with van der Waals surface area (Å²) in [7, 11) is 0. The van der Waals surface area contributed by atoms with Crippen LogP contribution in [0.3, 0.4) is 0 Å². The van der Waals surface area contributed by atoms with Gasteiger partial charge in [-0.2, -0.15) is 0 Å². The van der Waals surface area contributed by atoms with E-state index in [0.717, 1.165) is 17.3 Å². The molecule has 0 spiro atoms. The van der Waals surface area contributed by atoms with Crippen LogP contribution in [0.5, 0.6) is 0 Å². The lowest BCUT2D eigenvalue weighted by molar-refractivity contribution is -0.402. The second kappa shape index (κ2) is 4.11. The Bertz CT molecular complexity index is 601. The monoisotopic (exact) mass is 237 g/mol. The molecule has 3 nitrogen and oxygen atoms in total. The Morgan fingerprint density at radius 1 is 0.944 bits per heavy atom. The van der Waals surface area contributed by atoms with Crippen molar-refractivity contribution in [3.8, 4) is 11.1 Å². The Morgan fingerprint density at radius 2 is 1.44 bits per heavy atom. The smallest absolute Gasteiger partial charge is 0.231 e. The summed E-state index contributed by atoms with van der Waals surface area (Å²) in [5.41, 5.74) is 4.62. The molecule has 88 valence electrons. The molecule has 1 aliphatic rings. The van der Waals surface area contributed by atoms with E-state index in [0.29, 0.717) is 0 Å². The predicted octanol–water partition coefficient (Wildman–Crippen LogP) is 3.59. The molecule has 0 unspecified atom stereocenters. The van der Waals surface area contributed by atoms with Gasteiger partial charge in [-0.15, -0.1) is 0 Å². The fraction of sp³-hybridized carbons (Fsp3) is 0.0667. The van der Waals surface area contributed by atoms with E-state index in [9.17, 15) is 10.1 Å². The normalized spacial score (nSPS) is 13.6. The van der Waals surface area contributed by atoms with Crippen molar-refractivity contribution in [2.75, 3.05) is 0 Å². The minimum absolute atomic E-state index is 0.0113. The minimum Gasteiger partial charge on any atom is -0.259 e. The Balaban J connectivity index is 2.18.